The minimum atomic E-state index is 0.0327. The van der Waals surface area contributed by atoms with Crippen LogP contribution in [0.5, 0.6) is 11.5 Å². The molecule has 150 valence electrons. The Morgan fingerprint density at radius 3 is 2.21 bits per heavy atom. The molecule has 0 radical (unpaired) electrons. The molecule has 3 aromatic rings. The monoisotopic (exact) mass is 391 g/mol. The van der Waals surface area contributed by atoms with E-state index in [4.69, 9.17) is 9.47 Å². The fourth-order valence-electron chi connectivity index (χ4n) is 3.87. The summed E-state index contributed by atoms with van der Waals surface area (Å²) in [5, 5.41) is 4.50. The van der Waals surface area contributed by atoms with Crippen molar-refractivity contribution in [2.24, 2.45) is 0 Å². The molecule has 4 rings (SSSR count). The molecule has 0 saturated carbocycles. The summed E-state index contributed by atoms with van der Waals surface area (Å²) in [6.07, 6.45) is 0.797. The number of nitrogens with zero attached hydrogens (tertiary/aromatic N) is 3. The van der Waals surface area contributed by atoms with E-state index >= 15 is 0 Å². The largest absolute Gasteiger partial charge is 0.493 e. The smallest absolute Gasteiger partial charge is 0.254 e. The van der Waals surface area contributed by atoms with Crippen molar-refractivity contribution in [3.8, 4) is 17.2 Å². The third kappa shape index (κ3) is 3.58. The van der Waals surface area contributed by atoms with E-state index in [-0.39, 0.29) is 5.91 Å². The van der Waals surface area contributed by atoms with Gasteiger partial charge in [-0.25, -0.2) is 4.68 Å². The molecular formula is C23H25N3O3. The van der Waals surface area contributed by atoms with Gasteiger partial charge in [0.05, 0.1) is 25.6 Å². The average Bonchev–Trinajstić information content (AvgIpc) is 3.09. The first-order chi connectivity index (χ1) is 14.0. The van der Waals surface area contributed by atoms with Gasteiger partial charge in [0.1, 0.15) is 0 Å². The normalized spacial score (nSPS) is 13.2. The van der Waals surface area contributed by atoms with Crippen molar-refractivity contribution in [1.82, 2.24) is 14.7 Å². The molecule has 1 amide bonds. The zero-order valence-corrected chi connectivity index (χ0v) is 17.2. The van der Waals surface area contributed by atoms with Gasteiger partial charge < -0.3 is 14.4 Å². The lowest BCUT2D eigenvalue weighted by Crippen LogP contribution is -2.36. The van der Waals surface area contributed by atoms with Crippen molar-refractivity contribution in [3.05, 3.63) is 70.5 Å². The number of rotatable bonds is 4. The molecule has 0 unspecified atom stereocenters. The van der Waals surface area contributed by atoms with Gasteiger partial charge in [0.15, 0.2) is 11.5 Å². The molecule has 0 N–H and O–H groups in total. The standard InChI is InChI=1S/C23H25N3O3/c1-15-11-16(2)26(24-15)20-7-5-17(6-8-20)23(27)25-10-9-18-12-21(28-3)22(29-4)13-19(18)14-25/h5-8,11-13H,9-10,14H2,1-4H3. The van der Waals surface area contributed by atoms with Crippen LogP contribution in [-0.4, -0.2) is 41.4 Å². The Bertz CT molecular complexity index is 1050. The summed E-state index contributed by atoms with van der Waals surface area (Å²) in [5.41, 5.74) is 5.97. The Morgan fingerprint density at radius 1 is 0.966 bits per heavy atom. The molecule has 6 nitrogen and oxygen atoms in total. The summed E-state index contributed by atoms with van der Waals surface area (Å²) in [5.74, 6) is 1.45. The van der Waals surface area contributed by atoms with Crippen molar-refractivity contribution >= 4 is 5.91 Å². The minimum Gasteiger partial charge on any atom is -0.493 e. The lowest BCUT2D eigenvalue weighted by atomic mass is 9.98. The Labute approximate surface area is 170 Å². The van der Waals surface area contributed by atoms with Crippen molar-refractivity contribution in [2.75, 3.05) is 20.8 Å². The van der Waals surface area contributed by atoms with Crippen molar-refractivity contribution in [2.45, 2.75) is 26.8 Å². The summed E-state index contributed by atoms with van der Waals surface area (Å²) in [6, 6.07) is 13.7. The molecule has 0 saturated heterocycles. The molecule has 1 aromatic heterocycles. The second-order valence-corrected chi connectivity index (χ2v) is 7.34. The number of aromatic nitrogens is 2. The van der Waals surface area contributed by atoms with Gasteiger partial charge in [0.2, 0.25) is 0 Å². The van der Waals surface area contributed by atoms with Crippen LogP contribution >= 0.6 is 0 Å². The summed E-state index contributed by atoms with van der Waals surface area (Å²) < 4.78 is 12.7. The van der Waals surface area contributed by atoms with Crippen LogP contribution in [0.25, 0.3) is 5.69 Å². The summed E-state index contributed by atoms with van der Waals surface area (Å²) in [7, 11) is 3.26. The Morgan fingerprint density at radius 2 is 1.62 bits per heavy atom. The first kappa shape index (κ1) is 19.1. The first-order valence-electron chi connectivity index (χ1n) is 9.67. The SMILES string of the molecule is COc1cc2c(cc1OC)CN(C(=O)c1ccc(-n3nc(C)cc3C)cc1)CC2. The highest BCUT2D eigenvalue weighted by atomic mass is 16.5. The van der Waals surface area contributed by atoms with E-state index < -0.39 is 0 Å². The zero-order chi connectivity index (χ0) is 20.5. The molecule has 0 aliphatic carbocycles. The number of fused-ring (bicyclic) bond motifs is 1. The number of ether oxygens (including phenoxy) is 2. The quantitative estimate of drug-likeness (QED) is 0.680. The van der Waals surface area contributed by atoms with E-state index in [9.17, 15) is 4.79 Å². The second kappa shape index (κ2) is 7.62. The van der Waals surface area contributed by atoms with E-state index in [0.717, 1.165) is 34.8 Å². The average molecular weight is 391 g/mol. The third-order valence-corrected chi connectivity index (χ3v) is 5.37. The van der Waals surface area contributed by atoms with Gasteiger partial charge in [-0.2, -0.15) is 5.10 Å². The van der Waals surface area contributed by atoms with Gasteiger partial charge in [-0.05, 0) is 73.9 Å². The predicted molar refractivity (Wildman–Crippen MR) is 111 cm³/mol. The first-order valence-corrected chi connectivity index (χ1v) is 9.67. The summed E-state index contributed by atoms with van der Waals surface area (Å²) in [6.45, 7) is 5.24. The van der Waals surface area contributed by atoms with Crippen LogP contribution in [0.4, 0.5) is 0 Å². The molecule has 0 bridgehead atoms. The number of hydrogen-bond donors (Lipinski definition) is 0. The van der Waals surface area contributed by atoms with Gasteiger partial charge in [-0.1, -0.05) is 0 Å². The van der Waals surface area contributed by atoms with Crippen LogP contribution in [0.3, 0.4) is 0 Å². The van der Waals surface area contributed by atoms with Gasteiger partial charge in [0.25, 0.3) is 5.91 Å². The Balaban J connectivity index is 1.54. The number of carbonyl (C=O) groups is 1. The number of benzene rings is 2. The molecule has 29 heavy (non-hydrogen) atoms. The lowest BCUT2D eigenvalue weighted by Gasteiger charge is -2.29. The van der Waals surface area contributed by atoms with E-state index in [2.05, 4.69) is 5.10 Å². The number of hydrogen-bond acceptors (Lipinski definition) is 4. The second-order valence-electron chi connectivity index (χ2n) is 7.34. The molecule has 6 heteroatoms. The number of carbonyl (C=O) groups excluding carboxylic acids is 1. The fraction of sp³-hybridized carbons (Fsp3) is 0.304. The maximum Gasteiger partial charge on any atom is 0.254 e. The van der Waals surface area contributed by atoms with Crippen LogP contribution in [-0.2, 0) is 13.0 Å². The van der Waals surface area contributed by atoms with Gasteiger partial charge >= 0.3 is 0 Å². The van der Waals surface area contributed by atoms with Crippen LogP contribution in [0.2, 0.25) is 0 Å². The van der Waals surface area contributed by atoms with E-state index in [0.29, 0.717) is 24.4 Å². The van der Waals surface area contributed by atoms with E-state index in [1.165, 1.54) is 5.56 Å². The highest BCUT2D eigenvalue weighted by Crippen LogP contribution is 2.33. The van der Waals surface area contributed by atoms with Gasteiger partial charge in [-0.15, -0.1) is 0 Å². The van der Waals surface area contributed by atoms with Crippen molar-refractivity contribution in [1.29, 1.82) is 0 Å². The van der Waals surface area contributed by atoms with E-state index in [1.54, 1.807) is 14.2 Å². The third-order valence-electron chi connectivity index (χ3n) is 5.37. The van der Waals surface area contributed by atoms with Crippen LogP contribution in [0, 0.1) is 13.8 Å². The molecule has 0 atom stereocenters. The minimum absolute atomic E-state index is 0.0327. The van der Waals surface area contributed by atoms with Gasteiger partial charge in [-0.3, -0.25) is 4.79 Å². The van der Waals surface area contributed by atoms with Crippen molar-refractivity contribution < 1.29 is 14.3 Å². The molecule has 2 heterocycles. The Kier molecular flexibility index (Phi) is 5.01. The van der Waals surface area contributed by atoms with Crippen molar-refractivity contribution in [3.63, 3.8) is 0 Å². The fourth-order valence-corrected chi connectivity index (χ4v) is 3.87. The van der Waals surface area contributed by atoms with Crippen LogP contribution in [0.15, 0.2) is 42.5 Å². The molecule has 1 aliphatic heterocycles. The number of methoxy groups -OCH3 is 2. The lowest BCUT2D eigenvalue weighted by molar-refractivity contribution is 0.0734. The van der Waals surface area contributed by atoms with Gasteiger partial charge in [0, 0.05) is 24.3 Å². The molecule has 1 aliphatic rings. The van der Waals surface area contributed by atoms with E-state index in [1.807, 2.05) is 65.9 Å². The topological polar surface area (TPSA) is 56.6 Å². The van der Waals surface area contributed by atoms with Crippen LogP contribution < -0.4 is 9.47 Å². The summed E-state index contributed by atoms with van der Waals surface area (Å²) in [4.78, 5) is 14.9. The predicted octanol–water partition coefficient (Wildman–Crippen LogP) is 3.70. The number of amides is 1. The molecule has 0 fully saturated rings. The Hall–Kier alpha value is -3.28. The maximum absolute atomic E-state index is 13.1. The highest BCUT2D eigenvalue weighted by molar-refractivity contribution is 5.94. The zero-order valence-electron chi connectivity index (χ0n) is 17.2. The highest BCUT2D eigenvalue weighted by Gasteiger charge is 2.23. The number of aryl methyl sites for hydroxylation is 2. The summed E-state index contributed by atoms with van der Waals surface area (Å²) >= 11 is 0. The molecule has 0 spiro atoms. The molecular weight excluding hydrogens is 366 g/mol. The molecule has 2 aromatic carbocycles. The maximum atomic E-state index is 13.1. The van der Waals surface area contributed by atoms with Crippen LogP contribution in [0.1, 0.15) is 32.9 Å².